The highest BCUT2D eigenvalue weighted by Gasteiger charge is 2.29. The van der Waals surface area contributed by atoms with Gasteiger partial charge in [-0.05, 0) is 5.41 Å². The zero-order valence-electron chi connectivity index (χ0n) is 7.46. The Bertz CT molecular complexity index is 149. The molecule has 0 aliphatic carbocycles. The Labute approximate surface area is 66.9 Å². The lowest BCUT2D eigenvalue weighted by molar-refractivity contribution is -0.163. The maximum Gasteiger partial charge on any atom is 0.263 e. The molecule has 11 heavy (non-hydrogen) atoms. The first kappa shape index (κ1) is 10.4. The van der Waals surface area contributed by atoms with Crippen LogP contribution in [0.4, 0.5) is 0 Å². The number of likely N-dealkylation sites (N-methyl/N-ethyl adjacent to an activating group) is 1. The molecule has 0 bridgehead atoms. The Kier molecular flexibility index (Phi) is 3.02. The second kappa shape index (κ2) is 3.19. The van der Waals surface area contributed by atoms with Gasteiger partial charge in [0.1, 0.15) is 0 Å². The monoisotopic (exact) mass is 160 g/mol. The average Bonchev–Trinajstić information content (AvgIpc) is 1.82. The number of carbonyl (C=O) groups excluding carboxylic acids is 1. The van der Waals surface area contributed by atoms with Gasteiger partial charge in [-0.3, -0.25) is 10.0 Å². The minimum absolute atomic E-state index is 0.311. The fourth-order valence-electron chi connectivity index (χ4n) is 0.572. The van der Waals surface area contributed by atoms with E-state index in [1.807, 2.05) is 20.8 Å². The quantitative estimate of drug-likeness (QED) is 0.425. The van der Waals surface area contributed by atoms with Crippen LogP contribution in [0.5, 0.6) is 0 Å². The molecule has 1 amide bonds. The Balaban J connectivity index is 4.26. The van der Waals surface area contributed by atoms with Crippen LogP contribution in [0.3, 0.4) is 0 Å². The highest BCUT2D eigenvalue weighted by atomic mass is 16.5. The van der Waals surface area contributed by atoms with Crippen molar-refractivity contribution in [3.8, 4) is 0 Å². The van der Waals surface area contributed by atoms with Crippen LogP contribution in [0.2, 0.25) is 0 Å². The molecule has 0 aliphatic rings. The molecule has 66 valence electrons. The molecule has 0 saturated carbocycles. The molecule has 0 aliphatic heterocycles. The molecule has 0 rings (SSSR count). The van der Waals surface area contributed by atoms with E-state index in [0.717, 1.165) is 0 Å². The van der Waals surface area contributed by atoms with Gasteiger partial charge >= 0.3 is 0 Å². The Morgan fingerprint density at radius 1 is 1.55 bits per heavy atom. The summed E-state index contributed by atoms with van der Waals surface area (Å²) >= 11 is 0. The molecule has 1 unspecified atom stereocenters. The summed E-state index contributed by atoms with van der Waals surface area (Å²) in [6.45, 7) is 5.54. The van der Waals surface area contributed by atoms with Crippen LogP contribution in [0, 0.1) is 5.41 Å². The van der Waals surface area contributed by atoms with Gasteiger partial charge in [-0.15, -0.1) is 0 Å². The summed E-state index contributed by atoms with van der Waals surface area (Å²) in [6, 6.07) is -0.655. The van der Waals surface area contributed by atoms with Crippen LogP contribution in [0.15, 0.2) is 0 Å². The van der Waals surface area contributed by atoms with Crippen molar-refractivity contribution in [2.45, 2.75) is 26.8 Å². The topological polar surface area (TPSA) is 66.6 Å². The summed E-state index contributed by atoms with van der Waals surface area (Å²) in [5, 5.41) is 9.28. The van der Waals surface area contributed by atoms with Crippen molar-refractivity contribution in [1.29, 1.82) is 0 Å². The second-order valence-corrected chi connectivity index (χ2v) is 3.71. The van der Waals surface area contributed by atoms with Crippen LogP contribution in [-0.2, 0) is 4.79 Å². The number of amides is 1. The van der Waals surface area contributed by atoms with Crippen molar-refractivity contribution in [2.75, 3.05) is 7.05 Å². The molecule has 4 nitrogen and oxygen atoms in total. The Hall–Kier alpha value is -0.610. The third kappa shape index (κ3) is 2.86. The van der Waals surface area contributed by atoms with Gasteiger partial charge in [0.2, 0.25) is 0 Å². The van der Waals surface area contributed by atoms with E-state index in [1.165, 1.54) is 7.05 Å². The summed E-state index contributed by atoms with van der Waals surface area (Å²) in [7, 11) is 1.27. The molecule has 0 heterocycles. The molecule has 0 spiro atoms. The Morgan fingerprint density at radius 3 is 2.00 bits per heavy atom. The molecule has 0 aromatic rings. The van der Waals surface area contributed by atoms with Gasteiger partial charge in [0, 0.05) is 7.05 Å². The molecule has 0 saturated heterocycles. The van der Waals surface area contributed by atoms with Crippen molar-refractivity contribution >= 4 is 5.91 Å². The highest BCUT2D eigenvalue weighted by molar-refractivity contribution is 5.81. The lowest BCUT2D eigenvalue weighted by Gasteiger charge is -2.27. The maximum atomic E-state index is 11.0. The molecule has 3 N–H and O–H groups in total. The predicted molar refractivity (Wildman–Crippen MR) is 42.0 cm³/mol. The zero-order valence-corrected chi connectivity index (χ0v) is 7.46. The largest absolute Gasteiger partial charge is 0.319 e. The molecular formula is C7H16N2O2. The number of carbonyl (C=O) groups is 1. The van der Waals surface area contributed by atoms with Gasteiger partial charge in [0.15, 0.2) is 0 Å². The third-order valence-electron chi connectivity index (χ3n) is 1.52. The van der Waals surface area contributed by atoms with Crippen molar-refractivity contribution in [3.63, 3.8) is 0 Å². The van der Waals surface area contributed by atoms with E-state index in [4.69, 9.17) is 10.9 Å². The van der Waals surface area contributed by atoms with Crippen LogP contribution >= 0.6 is 0 Å². The smallest absolute Gasteiger partial charge is 0.263 e. The van der Waals surface area contributed by atoms with E-state index in [2.05, 4.69) is 0 Å². The van der Waals surface area contributed by atoms with E-state index in [-0.39, 0.29) is 5.41 Å². The Morgan fingerprint density at radius 2 is 1.91 bits per heavy atom. The van der Waals surface area contributed by atoms with E-state index in [0.29, 0.717) is 5.06 Å². The van der Waals surface area contributed by atoms with Crippen molar-refractivity contribution in [3.05, 3.63) is 0 Å². The lowest BCUT2D eigenvalue weighted by atomic mass is 9.87. The SMILES string of the molecule is CN(O)C(=O)C(N)C(C)(C)C. The van der Waals surface area contributed by atoms with Gasteiger partial charge in [0.05, 0.1) is 6.04 Å². The average molecular weight is 160 g/mol. The van der Waals surface area contributed by atoms with Crippen LogP contribution in [0.1, 0.15) is 20.8 Å². The van der Waals surface area contributed by atoms with E-state index >= 15 is 0 Å². The first-order valence-electron chi connectivity index (χ1n) is 3.49. The predicted octanol–water partition coefficient (Wildman–Crippen LogP) is 0.207. The first-order chi connectivity index (χ1) is 4.76. The van der Waals surface area contributed by atoms with Gasteiger partial charge in [-0.1, -0.05) is 20.8 Å². The van der Waals surface area contributed by atoms with E-state index < -0.39 is 11.9 Å². The number of hydrogen-bond acceptors (Lipinski definition) is 3. The number of hydrogen-bond donors (Lipinski definition) is 2. The molecule has 4 heteroatoms. The lowest BCUT2D eigenvalue weighted by Crippen LogP contribution is -2.48. The minimum Gasteiger partial charge on any atom is -0.319 e. The molecular weight excluding hydrogens is 144 g/mol. The fraction of sp³-hybridized carbons (Fsp3) is 0.857. The minimum atomic E-state index is -0.655. The standard InChI is InChI=1S/C7H16N2O2/c1-7(2,3)5(8)6(10)9(4)11/h5,11H,8H2,1-4H3. The summed E-state index contributed by atoms with van der Waals surface area (Å²) in [5.74, 6) is -0.461. The van der Waals surface area contributed by atoms with Crippen LogP contribution < -0.4 is 5.73 Å². The van der Waals surface area contributed by atoms with Crippen molar-refractivity contribution in [2.24, 2.45) is 11.1 Å². The van der Waals surface area contributed by atoms with Gasteiger partial charge in [-0.2, -0.15) is 0 Å². The molecule has 0 aromatic heterocycles. The van der Waals surface area contributed by atoms with Gasteiger partial charge in [0.25, 0.3) is 5.91 Å². The number of nitrogens with zero attached hydrogens (tertiary/aromatic N) is 1. The normalized spacial score (nSPS) is 14.4. The van der Waals surface area contributed by atoms with Crippen molar-refractivity contribution < 1.29 is 10.0 Å². The van der Waals surface area contributed by atoms with Crippen LogP contribution in [0.25, 0.3) is 0 Å². The van der Waals surface area contributed by atoms with Gasteiger partial charge < -0.3 is 5.73 Å². The maximum absolute atomic E-state index is 11.0. The second-order valence-electron chi connectivity index (χ2n) is 3.71. The first-order valence-corrected chi connectivity index (χ1v) is 3.49. The molecule has 0 aromatic carbocycles. The highest BCUT2D eigenvalue weighted by Crippen LogP contribution is 2.17. The summed E-state index contributed by atoms with van der Waals surface area (Å²) < 4.78 is 0. The number of nitrogens with two attached hydrogens (primary N) is 1. The van der Waals surface area contributed by atoms with Crippen LogP contribution in [-0.4, -0.2) is 29.3 Å². The summed E-state index contributed by atoms with van der Waals surface area (Å²) in [4.78, 5) is 11.0. The van der Waals surface area contributed by atoms with Crippen molar-refractivity contribution in [1.82, 2.24) is 5.06 Å². The molecule has 0 fully saturated rings. The summed E-state index contributed by atoms with van der Waals surface area (Å²) in [6.07, 6.45) is 0. The molecule has 0 radical (unpaired) electrons. The molecule has 1 atom stereocenters. The zero-order chi connectivity index (χ0) is 9.23. The van der Waals surface area contributed by atoms with E-state index in [1.54, 1.807) is 0 Å². The van der Waals surface area contributed by atoms with E-state index in [9.17, 15) is 4.79 Å². The fourth-order valence-corrected chi connectivity index (χ4v) is 0.572. The number of rotatable bonds is 1. The number of hydroxylamine groups is 2. The third-order valence-corrected chi connectivity index (χ3v) is 1.52. The van der Waals surface area contributed by atoms with Gasteiger partial charge in [-0.25, -0.2) is 5.06 Å². The summed E-state index contributed by atoms with van der Waals surface area (Å²) in [5.41, 5.74) is 5.23.